The van der Waals surface area contributed by atoms with Gasteiger partial charge in [0, 0.05) is 12.8 Å². The lowest BCUT2D eigenvalue weighted by Gasteiger charge is -2.29. The zero-order valence-electron chi connectivity index (χ0n) is 12.0. The Labute approximate surface area is 126 Å². The molecule has 1 saturated heterocycles. The summed E-state index contributed by atoms with van der Waals surface area (Å²) in [7, 11) is 2.45. The first-order valence-electron chi connectivity index (χ1n) is 7.60. The van der Waals surface area contributed by atoms with Crippen LogP contribution in [0.1, 0.15) is 71.1 Å². The highest BCUT2D eigenvalue weighted by molar-refractivity contribution is 4.53. The van der Waals surface area contributed by atoms with Crippen molar-refractivity contribution in [2.75, 3.05) is 26.7 Å². The summed E-state index contributed by atoms with van der Waals surface area (Å²) >= 11 is 0. The number of nitrogens with zero attached hydrogens (tertiary/aromatic N) is 1. The minimum absolute atomic E-state index is 0. The largest absolute Gasteiger partial charge is 1.00 e. The summed E-state index contributed by atoms with van der Waals surface area (Å²) in [5, 5.41) is 0. The molecule has 1 heterocycles. The highest BCUT2D eigenvalue weighted by Crippen LogP contribution is 2.18. The van der Waals surface area contributed by atoms with E-state index in [2.05, 4.69) is 14.0 Å². The highest BCUT2D eigenvalue weighted by atomic mass is 127. The molecule has 1 nitrogen and oxygen atoms in total. The maximum absolute atomic E-state index is 2.45. The molecule has 17 heavy (non-hydrogen) atoms. The fraction of sp³-hybridized carbons (Fsp3) is 1.00. The monoisotopic (exact) mass is 353 g/mol. The van der Waals surface area contributed by atoms with Crippen LogP contribution in [-0.4, -0.2) is 31.2 Å². The van der Waals surface area contributed by atoms with Crippen molar-refractivity contribution in [3.8, 4) is 0 Å². The van der Waals surface area contributed by atoms with E-state index in [1.54, 1.807) is 0 Å². The topological polar surface area (TPSA) is 0 Å². The maximum atomic E-state index is 2.45. The molecular formula is C15H32IN. The average molecular weight is 353 g/mol. The lowest BCUT2D eigenvalue weighted by atomic mass is 10.1. The van der Waals surface area contributed by atoms with Crippen LogP contribution in [0.25, 0.3) is 0 Å². The lowest BCUT2D eigenvalue weighted by molar-refractivity contribution is -0.897. The van der Waals surface area contributed by atoms with Crippen LogP contribution < -0.4 is 24.0 Å². The van der Waals surface area contributed by atoms with Crippen molar-refractivity contribution in [2.24, 2.45) is 0 Å². The van der Waals surface area contributed by atoms with Gasteiger partial charge in [-0.25, -0.2) is 0 Å². The van der Waals surface area contributed by atoms with Crippen LogP contribution in [0.15, 0.2) is 0 Å². The van der Waals surface area contributed by atoms with Gasteiger partial charge in [-0.3, -0.25) is 0 Å². The molecule has 0 amide bonds. The second-order valence-electron chi connectivity index (χ2n) is 5.97. The number of rotatable bonds is 9. The third kappa shape index (κ3) is 8.41. The fourth-order valence-corrected chi connectivity index (χ4v) is 2.95. The SMILES string of the molecule is CCCCCCCCCC[N+]1(C)CCCC1.[I-]. The van der Waals surface area contributed by atoms with E-state index in [1.165, 1.54) is 88.3 Å². The van der Waals surface area contributed by atoms with E-state index < -0.39 is 0 Å². The minimum Gasteiger partial charge on any atom is -1.00 e. The Kier molecular flexibility index (Phi) is 11.0. The summed E-state index contributed by atoms with van der Waals surface area (Å²) in [5.74, 6) is 0. The Balaban J connectivity index is 0.00000256. The van der Waals surface area contributed by atoms with Gasteiger partial charge >= 0.3 is 0 Å². The molecule has 0 aliphatic carbocycles. The summed E-state index contributed by atoms with van der Waals surface area (Å²) in [6.45, 7) is 6.61. The first-order chi connectivity index (χ1) is 7.77. The number of unbranched alkanes of at least 4 members (excludes halogenated alkanes) is 7. The molecular weight excluding hydrogens is 321 g/mol. The molecule has 0 spiro atoms. The zero-order valence-corrected chi connectivity index (χ0v) is 14.2. The Morgan fingerprint density at radius 3 is 1.76 bits per heavy atom. The summed E-state index contributed by atoms with van der Waals surface area (Å²) < 4.78 is 1.37. The van der Waals surface area contributed by atoms with Crippen molar-refractivity contribution < 1.29 is 28.5 Å². The van der Waals surface area contributed by atoms with Gasteiger partial charge in [-0.1, -0.05) is 45.4 Å². The zero-order chi connectivity index (χ0) is 11.7. The van der Waals surface area contributed by atoms with Crippen molar-refractivity contribution >= 4 is 0 Å². The Hall–Kier alpha value is 0.690. The van der Waals surface area contributed by atoms with E-state index >= 15 is 0 Å². The smallest absolute Gasteiger partial charge is 0.0786 e. The molecule has 0 radical (unpaired) electrons. The quantitative estimate of drug-likeness (QED) is 0.334. The maximum Gasteiger partial charge on any atom is 0.0786 e. The molecule has 1 aliphatic rings. The van der Waals surface area contributed by atoms with Crippen LogP contribution in [-0.2, 0) is 0 Å². The van der Waals surface area contributed by atoms with Crippen LogP contribution in [0.2, 0.25) is 0 Å². The lowest BCUT2D eigenvalue weighted by Crippen LogP contribution is -3.00. The van der Waals surface area contributed by atoms with E-state index in [0.29, 0.717) is 0 Å². The number of halogens is 1. The van der Waals surface area contributed by atoms with Crippen molar-refractivity contribution in [2.45, 2.75) is 71.1 Å². The number of likely N-dealkylation sites (tertiary alicyclic amines) is 1. The molecule has 0 N–H and O–H groups in total. The fourth-order valence-electron chi connectivity index (χ4n) is 2.95. The standard InChI is InChI=1S/C15H32N.HI/c1-3-4-5-6-7-8-9-10-13-16(2)14-11-12-15-16;/h3-15H2,1-2H3;1H/q+1;/p-1. The van der Waals surface area contributed by atoms with Crippen molar-refractivity contribution in [1.29, 1.82) is 0 Å². The van der Waals surface area contributed by atoms with Gasteiger partial charge in [-0.2, -0.15) is 0 Å². The van der Waals surface area contributed by atoms with Crippen molar-refractivity contribution in [3.63, 3.8) is 0 Å². The second-order valence-corrected chi connectivity index (χ2v) is 5.97. The van der Waals surface area contributed by atoms with Crippen LogP contribution in [0, 0.1) is 0 Å². The van der Waals surface area contributed by atoms with Crippen LogP contribution in [0.3, 0.4) is 0 Å². The number of quaternary nitrogens is 1. The van der Waals surface area contributed by atoms with Crippen LogP contribution in [0.5, 0.6) is 0 Å². The molecule has 2 heteroatoms. The van der Waals surface area contributed by atoms with Gasteiger partial charge in [0.25, 0.3) is 0 Å². The van der Waals surface area contributed by atoms with Gasteiger partial charge in [0.1, 0.15) is 0 Å². The molecule has 0 saturated carbocycles. The van der Waals surface area contributed by atoms with Gasteiger partial charge in [0.2, 0.25) is 0 Å². The number of hydrogen-bond acceptors (Lipinski definition) is 0. The highest BCUT2D eigenvalue weighted by Gasteiger charge is 2.25. The normalized spacial score (nSPS) is 18.0. The molecule has 0 atom stereocenters. The van der Waals surface area contributed by atoms with E-state index in [0.717, 1.165) is 0 Å². The van der Waals surface area contributed by atoms with Crippen LogP contribution in [0.4, 0.5) is 0 Å². The Morgan fingerprint density at radius 1 is 0.765 bits per heavy atom. The summed E-state index contributed by atoms with van der Waals surface area (Å²) in [6.07, 6.45) is 14.6. The molecule has 0 aromatic rings. The third-order valence-electron chi connectivity index (χ3n) is 4.20. The first kappa shape index (κ1) is 17.7. The average Bonchev–Trinajstić information content (AvgIpc) is 2.70. The minimum atomic E-state index is 0. The molecule has 0 bridgehead atoms. The summed E-state index contributed by atoms with van der Waals surface area (Å²) in [5.41, 5.74) is 0. The molecule has 104 valence electrons. The van der Waals surface area contributed by atoms with Gasteiger partial charge in [0.15, 0.2) is 0 Å². The molecule has 0 aromatic heterocycles. The van der Waals surface area contributed by atoms with E-state index in [1.807, 2.05) is 0 Å². The second kappa shape index (κ2) is 10.6. The molecule has 1 fully saturated rings. The van der Waals surface area contributed by atoms with Crippen molar-refractivity contribution in [3.05, 3.63) is 0 Å². The predicted octanol–water partition coefficient (Wildman–Crippen LogP) is 1.37. The third-order valence-corrected chi connectivity index (χ3v) is 4.20. The Bertz CT molecular complexity index is 164. The van der Waals surface area contributed by atoms with E-state index in [9.17, 15) is 0 Å². The molecule has 1 rings (SSSR count). The van der Waals surface area contributed by atoms with E-state index in [4.69, 9.17) is 0 Å². The molecule has 1 aliphatic heterocycles. The Morgan fingerprint density at radius 2 is 1.24 bits per heavy atom. The van der Waals surface area contributed by atoms with Crippen LogP contribution >= 0.6 is 0 Å². The van der Waals surface area contributed by atoms with E-state index in [-0.39, 0.29) is 24.0 Å². The van der Waals surface area contributed by atoms with Gasteiger partial charge in [0.05, 0.1) is 26.7 Å². The van der Waals surface area contributed by atoms with Crippen molar-refractivity contribution in [1.82, 2.24) is 0 Å². The first-order valence-corrected chi connectivity index (χ1v) is 7.60. The van der Waals surface area contributed by atoms with Gasteiger partial charge < -0.3 is 28.5 Å². The van der Waals surface area contributed by atoms with Gasteiger partial charge in [-0.05, 0) is 12.8 Å². The predicted molar refractivity (Wildman–Crippen MR) is 72.6 cm³/mol. The van der Waals surface area contributed by atoms with Gasteiger partial charge in [-0.15, -0.1) is 0 Å². The number of hydrogen-bond donors (Lipinski definition) is 0. The summed E-state index contributed by atoms with van der Waals surface area (Å²) in [4.78, 5) is 0. The molecule has 0 aromatic carbocycles. The summed E-state index contributed by atoms with van der Waals surface area (Å²) in [6, 6.07) is 0. The molecule has 0 unspecified atom stereocenters.